The van der Waals surface area contributed by atoms with Gasteiger partial charge in [0, 0.05) is 29.0 Å². The molecule has 6 heteroatoms. The Morgan fingerprint density at radius 2 is 1.88 bits per heavy atom. The molecule has 1 aromatic rings. The molecular formula is C18H27NO3S2. The zero-order valence-electron chi connectivity index (χ0n) is 14.5. The molecule has 24 heavy (non-hydrogen) atoms. The van der Waals surface area contributed by atoms with E-state index in [1.807, 2.05) is 23.9 Å². The summed E-state index contributed by atoms with van der Waals surface area (Å²) in [4.78, 5) is 13.2. The Bertz CT molecular complexity index is 496. The molecule has 4 nitrogen and oxygen atoms in total. The molecule has 1 N–H and O–H groups in total. The van der Waals surface area contributed by atoms with Gasteiger partial charge in [-0.15, -0.1) is 23.5 Å². The van der Waals surface area contributed by atoms with Crippen LogP contribution in [0.25, 0.3) is 0 Å². The van der Waals surface area contributed by atoms with Gasteiger partial charge in [-0.05, 0) is 37.1 Å². The average molecular weight is 370 g/mol. The predicted molar refractivity (Wildman–Crippen MR) is 102 cm³/mol. The zero-order chi connectivity index (χ0) is 17.2. The van der Waals surface area contributed by atoms with E-state index in [0.717, 1.165) is 5.75 Å². The smallest absolute Gasteiger partial charge is 0.230 e. The first-order valence-corrected chi connectivity index (χ1v) is 10.3. The Morgan fingerprint density at radius 3 is 2.54 bits per heavy atom. The van der Waals surface area contributed by atoms with Crippen molar-refractivity contribution in [2.24, 2.45) is 0 Å². The van der Waals surface area contributed by atoms with Crippen molar-refractivity contribution in [1.82, 2.24) is 5.32 Å². The van der Waals surface area contributed by atoms with Crippen LogP contribution in [0.3, 0.4) is 0 Å². The zero-order valence-corrected chi connectivity index (χ0v) is 16.1. The number of thioether (sulfide) groups is 2. The first-order chi connectivity index (χ1) is 11.7. The predicted octanol–water partition coefficient (Wildman–Crippen LogP) is 3.59. The van der Waals surface area contributed by atoms with E-state index in [-0.39, 0.29) is 5.91 Å². The van der Waals surface area contributed by atoms with Crippen LogP contribution in [0.2, 0.25) is 0 Å². The third-order valence-corrected chi connectivity index (χ3v) is 7.05. The summed E-state index contributed by atoms with van der Waals surface area (Å²) in [6.07, 6.45) is 4.97. The molecule has 1 saturated carbocycles. The second-order valence-corrected chi connectivity index (χ2v) is 8.35. The summed E-state index contributed by atoms with van der Waals surface area (Å²) >= 11 is 3.74. The molecule has 2 rings (SSSR count). The van der Waals surface area contributed by atoms with Gasteiger partial charge in [-0.2, -0.15) is 0 Å². The summed E-state index contributed by atoms with van der Waals surface area (Å²) in [6.45, 7) is 1.15. The maximum absolute atomic E-state index is 11.9. The summed E-state index contributed by atoms with van der Waals surface area (Å²) in [5, 5.41) is 4.01. The van der Waals surface area contributed by atoms with Gasteiger partial charge in [-0.1, -0.05) is 12.8 Å². The van der Waals surface area contributed by atoms with Crippen LogP contribution in [0.1, 0.15) is 25.7 Å². The number of carbonyl (C=O) groups is 1. The van der Waals surface area contributed by atoms with E-state index in [2.05, 4.69) is 17.4 Å². The molecular weight excluding hydrogens is 342 g/mol. The fourth-order valence-electron chi connectivity index (χ4n) is 2.74. The molecule has 0 radical (unpaired) electrons. The van der Waals surface area contributed by atoms with Crippen LogP contribution in [0, 0.1) is 0 Å². The van der Waals surface area contributed by atoms with Crippen molar-refractivity contribution in [3.8, 4) is 5.75 Å². The van der Waals surface area contributed by atoms with Crippen LogP contribution in [0.5, 0.6) is 5.75 Å². The first-order valence-electron chi connectivity index (χ1n) is 8.41. The van der Waals surface area contributed by atoms with Crippen LogP contribution in [0.15, 0.2) is 29.2 Å². The molecule has 134 valence electrons. The quantitative estimate of drug-likeness (QED) is 0.674. The summed E-state index contributed by atoms with van der Waals surface area (Å²) in [7, 11) is 3.33. The van der Waals surface area contributed by atoms with Crippen molar-refractivity contribution in [2.75, 3.05) is 33.1 Å². The summed E-state index contributed by atoms with van der Waals surface area (Å²) < 4.78 is 10.2. The molecule has 1 fully saturated rings. The molecule has 1 aromatic carbocycles. The first kappa shape index (κ1) is 19.5. The molecule has 0 aliphatic heterocycles. The van der Waals surface area contributed by atoms with Gasteiger partial charge in [0.05, 0.1) is 19.5 Å². The lowest BCUT2D eigenvalue weighted by Gasteiger charge is -2.30. The molecule has 0 unspecified atom stereocenters. The Morgan fingerprint density at radius 1 is 1.17 bits per heavy atom. The van der Waals surface area contributed by atoms with Crippen molar-refractivity contribution in [3.05, 3.63) is 24.3 Å². The monoisotopic (exact) mass is 369 g/mol. The van der Waals surface area contributed by atoms with Gasteiger partial charge in [0.25, 0.3) is 0 Å². The molecule has 0 saturated heterocycles. The number of rotatable bonds is 9. The van der Waals surface area contributed by atoms with Gasteiger partial charge in [-0.3, -0.25) is 4.79 Å². The second-order valence-electron chi connectivity index (χ2n) is 5.81. The van der Waals surface area contributed by atoms with Gasteiger partial charge in [0.1, 0.15) is 5.75 Å². The lowest BCUT2D eigenvalue weighted by Crippen LogP contribution is -2.31. The van der Waals surface area contributed by atoms with Crippen molar-refractivity contribution < 1.29 is 14.3 Å². The van der Waals surface area contributed by atoms with E-state index in [1.54, 1.807) is 26.0 Å². The summed E-state index contributed by atoms with van der Waals surface area (Å²) in [6, 6.07) is 8.27. The van der Waals surface area contributed by atoms with Crippen LogP contribution in [0.4, 0.5) is 0 Å². The molecule has 1 aliphatic rings. The van der Waals surface area contributed by atoms with Crippen LogP contribution < -0.4 is 10.1 Å². The van der Waals surface area contributed by atoms with Crippen molar-refractivity contribution in [2.45, 2.75) is 41.1 Å². The van der Waals surface area contributed by atoms with Gasteiger partial charge in [0.15, 0.2) is 0 Å². The molecule has 1 aliphatic carbocycles. The highest BCUT2D eigenvalue weighted by Crippen LogP contribution is 2.39. The second kappa shape index (κ2) is 10.9. The van der Waals surface area contributed by atoms with Crippen LogP contribution in [-0.2, 0) is 9.53 Å². The van der Waals surface area contributed by atoms with Crippen LogP contribution in [-0.4, -0.2) is 49.5 Å². The SMILES string of the molecule is COCCNC(=O)CS[C@@H]1CCCC[C@H]1Sc1ccc(OC)cc1. The number of amides is 1. The van der Waals surface area contributed by atoms with Crippen molar-refractivity contribution in [1.29, 1.82) is 0 Å². The number of ether oxygens (including phenoxy) is 2. The summed E-state index contributed by atoms with van der Waals surface area (Å²) in [5.41, 5.74) is 0. The van der Waals surface area contributed by atoms with E-state index in [9.17, 15) is 4.79 Å². The largest absolute Gasteiger partial charge is 0.497 e. The Kier molecular flexibility index (Phi) is 8.84. The molecule has 2 atom stereocenters. The Hall–Kier alpha value is -0.850. The van der Waals surface area contributed by atoms with E-state index in [1.165, 1.54) is 30.6 Å². The van der Waals surface area contributed by atoms with Crippen LogP contribution >= 0.6 is 23.5 Å². The average Bonchev–Trinajstić information content (AvgIpc) is 2.62. The number of methoxy groups -OCH3 is 2. The normalized spacial score (nSPS) is 20.6. The van der Waals surface area contributed by atoms with Gasteiger partial charge in [0.2, 0.25) is 5.91 Å². The lowest BCUT2D eigenvalue weighted by molar-refractivity contribution is -0.118. The van der Waals surface area contributed by atoms with E-state index in [0.29, 0.717) is 29.4 Å². The minimum absolute atomic E-state index is 0.107. The standard InChI is InChI=1S/C18H27NO3S2/c1-21-12-11-19-18(20)13-23-16-5-3-4-6-17(16)24-15-9-7-14(22-2)8-10-15/h7-10,16-17H,3-6,11-13H2,1-2H3,(H,19,20)/t16-,17-/m1/s1. The van der Waals surface area contributed by atoms with E-state index < -0.39 is 0 Å². The van der Waals surface area contributed by atoms with Gasteiger partial charge >= 0.3 is 0 Å². The number of carbonyl (C=O) groups excluding carboxylic acids is 1. The highest BCUT2D eigenvalue weighted by molar-refractivity contribution is 8.04. The minimum atomic E-state index is 0.107. The Balaban J connectivity index is 1.82. The maximum Gasteiger partial charge on any atom is 0.230 e. The fraction of sp³-hybridized carbons (Fsp3) is 0.611. The number of nitrogens with one attached hydrogen (secondary N) is 1. The highest BCUT2D eigenvalue weighted by atomic mass is 32.2. The molecule has 0 bridgehead atoms. The van der Waals surface area contributed by atoms with Crippen molar-refractivity contribution >= 4 is 29.4 Å². The molecule has 1 amide bonds. The number of hydrogen-bond acceptors (Lipinski definition) is 5. The fourth-order valence-corrected chi connectivity index (χ4v) is 5.51. The molecule has 0 spiro atoms. The molecule has 0 heterocycles. The molecule has 0 aromatic heterocycles. The van der Waals surface area contributed by atoms with Crippen molar-refractivity contribution in [3.63, 3.8) is 0 Å². The van der Waals surface area contributed by atoms with Gasteiger partial charge < -0.3 is 14.8 Å². The van der Waals surface area contributed by atoms with E-state index in [4.69, 9.17) is 9.47 Å². The van der Waals surface area contributed by atoms with Gasteiger partial charge in [-0.25, -0.2) is 0 Å². The van der Waals surface area contributed by atoms with E-state index >= 15 is 0 Å². The topological polar surface area (TPSA) is 47.6 Å². The minimum Gasteiger partial charge on any atom is -0.497 e. The Labute approximate surface area is 153 Å². The number of benzene rings is 1. The summed E-state index contributed by atoms with van der Waals surface area (Å²) in [5.74, 6) is 1.53. The third kappa shape index (κ3) is 6.57. The lowest BCUT2D eigenvalue weighted by atomic mass is 10.00. The maximum atomic E-state index is 11.9. The number of hydrogen-bond donors (Lipinski definition) is 1. The third-order valence-electron chi connectivity index (χ3n) is 4.05. The highest BCUT2D eigenvalue weighted by Gasteiger charge is 2.27.